The van der Waals surface area contributed by atoms with Gasteiger partial charge in [0.25, 0.3) is 5.91 Å². The van der Waals surface area contributed by atoms with Gasteiger partial charge in [-0.25, -0.2) is 4.39 Å². The third kappa shape index (κ3) is 2.59. The molecule has 4 fully saturated rings. The maximum absolute atomic E-state index is 13.9. The zero-order chi connectivity index (χ0) is 17.0. The summed E-state index contributed by atoms with van der Waals surface area (Å²) >= 11 is 0. The highest BCUT2D eigenvalue weighted by Gasteiger charge is 2.48. The van der Waals surface area contributed by atoms with Crippen LogP contribution >= 0.6 is 0 Å². The van der Waals surface area contributed by atoms with Crippen molar-refractivity contribution in [1.82, 2.24) is 5.32 Å². The number of amides is 1. The molecule has 0 radical (unpaired) electrons. The minimum atomic E-state index is -0.343. The Hall–Kier alpha value is -2.10. The molecule has 4 saturated carbocycles. The molecule has 4 aliphatic rings. The van der Waals surface area contributed by atoms with Crippen LogP contribution in [0.1, 0.15) is 42.7 Å². The van der Waals surface area contributed by atoms with Crippen molar-refractivity contribution in [3.05, 3.63) is 48.0 Å². The molecule has 4 heteroatoms. The van der Waals surface area contributed by atoms with Crippen LogP contribution in [0.5, 0.6) is 0 Å². The second-order valence-corrected chi connectivity index (χ2v) is 8.07. The first-order valence-corrected chi connectivity index (χ1v) is 9.33. The first-order valence-electron chi connectivity index (χ1n) is 9.33. The standard InChI is InChI=1S/C21H22FNO2/c22-17-4-2-1-3-16(17)18-5-6-19(25-18)21(24)23-20-14-8-12-7-13(10-14)11-15(20)9-12/h1-6,12-15,20H,7-11H2,(H,23,24). The number of furan rings is 1. The highest BCUT2D eigenvalue weighted by Crippen LogP contribution is 2.53. The van der Waals surface area contributed by atoms with Crippen molar-refractivity contribution < 1.29 is 13.6 Å². The van der Waals surface area contributed by atoms with E-state index in [-0.39, 0.29) is 23.5 Å². The normalized spacial score (nSPS) is 32.8. The molecular weight excluding hydrogens is 317 g/mol. The number of carbonyl (C=O) groups excluding carboxylic acids is 1. The van der Waals surface area contributed by atoms with Crippen molar-refractivity contribution in [2.75, 3.05) is 0 Å². The summed E-state index contributed by atoms with van der Waals surface area (Å²) in [6.07, 6.45) is 6.44. The summed E-state index contributed by atoms with van der Waals surface area (Å²) in [6.45, 7) is 0. The third-order valence-corrected chi connectivity index (χ3v) is 6.49. The van der Waals surface area contributed by atoms with Gasteiger partial charge in [0.05, 0.1) is 5.56 Å². The highest BCUT2D eigenvalue weighted by atomic mass is 19.1. The summed E-state index contributed by atoms with van der Waals surface area (Å²) in [5, 5.41) is 3.23. The van der Waals surface area contributed by atoms with Crippen LogP contribution in [0, 0.1) is 29.5 Å². The molecule has 6 rings (SSSR count). The summed E-state index contributed by atoms with van der Waals surface area (Å²) in [5.74, 6) is 3.17. The fourth-order valence-electron chi connectivity index (χ4n) is 5.65. The quantitative estimate of drug-likeness (QED) is 0.885. The molecule has 1 amide bonds. The maximum Gasteiger partial charge on any atom is 0.287 e. The predicted octanol–water partition coefficient (Wildman–Crippen LogP) is 4.64. The van der Waals surface area contributed by atoms with Gasteiger partial charge in [-0.15, -0.1) is 0 Å². The van der Waals surface area contributed by atoms with Gasteiger partial charge in [0.15, 0.2) is 5.76 Å². The molecule has 3 nitrogen and oxygen atoms in total. The van der Waals surface area contributed by atoms with Crippen LogP contribution in [0.2, 0.25) is 0 Å². The maximum atomic E-state index is 13.9. The number of nitrogens with one attached hydrogen (secondary N) is 1. The van der Waals surface area contributed by atoms with Gasteiger partial charge in [0.2, 0.25) is 0 Å². The van der Waals surface area contributed by atoms with Gasteiger partial charge in [-0.3, -0.25) is 4.79 Å². The molecule has 4 aliphatic carbocycles. The van der Waals surface area contributed by atoms with E-state index in [4.69, 9.17) is 4.42 Å². The van der Waals surface area contributed by atoms with Crippen LogP contribution in [0.25, 0.3) is 11.3 Å². The van der Waals surface area contributed by atoms with Crippen molar-refractivity contribution in [3.63, 3.8) is 0 Å². The summed E-state index contributed by atoms with van der Waals surface area (Å²) < 4.78 is 19.5. The van der Waals surface area contributed by atoms with E-state index < -0.39 is 0 Å². The van der Waals surface area contributed by atoms with E-state index in [0.29, 0.717) is 23.2 Å². The molecule has 1 heterocycles. The first-order chi connectivity index (χ1) is 12.2. The van der Waals surface area contributed by atoms with Crippen molar-refractivity contribution in [3.8, 4) is 11.3 Å². The minimum absolute atomic E-state index is 0.167. The second kappa shape index (κ2) is 5.72. The van der Waals surface area contributed by atoms with Crippen LogP contribution in [0.3, 0.4) is 0 Å². The molecule has 130 valence electrons. The number of hydrogen-bond acceptors (Lipinski definition) is 2. The zero-order valence-electron chi connectivity index (χ0n) is 14.1. The van der Waals surface area contributed by atoms with E-state index in [1.165, 1.54) is 38.2 Å². The highest BCUT2D eigenvalue weighted by molar-refractivity contribution is 5.92. The van der Waals surface area contributed by atoms with Gasteiger partial charge in [0, 0.05) is 6.04 Å². The van der Waals surface area contributed by atoms with Gasteiger partial charge < -0.3 is 9.73 Å². The van der Waals surface area contributed by atoms with E-state index in [1.54, 1.807) is 30.3 Å². The van der Waals surface area contributed by atoms with Gasteiger partial charge >= 0.3 is 0 Å². The number of benzene rings is 1. The van der Waals surface area contributed by atoms with Crippen molar-refractivity contribution >= 4 is 5.91 Å². The number of hydrogen-bond donors (Lipinski definition) is 1. The van der Waals surface area contributed by atoms with E-state index in [2.05, 4.69) is 5.32 Å². The molecule has 0 unspecified atom stereocenters. The largest absolute Gasteiger partial charge is 0.451 e. The Morgan fingerprint density at radius 1 is 0.960 bits per heavy atom. The molecule has 0 atom stereocenters. The van der Waals surface area contributed by atoms with E-state index in [0.717, 1.165) is 11.8 Å². The topological polar surface area (TPSA) is 42.2 Å². The lowest BCUT2D eigenvalue weighted by Gasteiger charge is -2.54. The van der Waals surface area contributed by atoms with Gasteiger partial charge in [0.1, 0.15) is 11.6 Å². The Labute approximate surface area is 146 Å². The molecule has 1 aromatic carbocycles. The molecule has 4 bridgehead atoms. The van der Waals surface area contributed by atoms with Crippen molar-refractivity contribution in [2.24, 2.45) is 23.7 Å². The smallest absolute Gasteiger partial charge is 0.287 e. The Kier molecular flexibility index (Phi) is 3.47. The van der Waals surface area contributed by atoms with Crippen molar-refractivity contribution in [2.45, 2.75) is 38.1 Å². The molecule has 25 heavy (non-hydrogen) atoms. The van der Waals surface area contributed by atoms with Crippen LogP contribution < -0.4 is 5.32 Å². The van der Waals surface area contributed by atoms with E-state index in [9.17, 15) is 9.18 Å². The van der Waals surface area contributed by atoms with Gasteiger partial charge in [-0.2, -0.15) is 0 Å². The Balaban J connectivity index is 1.33. The SMILES string of the molecule is O=C(NC1C2CC3CC(C2)CC1C3)c1ccc(-c2ccccc2F)o1. The summed E-state index contributed by atoms with van der Waals surface area (Å²) in [4.78, 5) is 12.7. The van der Waals surface area contributed by atoms with Crippen LogP contribution in [0.4, 0.5) is 4.39 Å². The molecule has 2 aromatic rings. The van der Waals surface area contributed by atoms with Crippen LogP contribution in [-0.4, -0.2) is 11.9 Å². The Bertz CT molecular complexity index is 784. The predicted molar refractivity (Wildman–Crippen MR) is 92.4 cm³/mol. The monoisotopic (exact) mass is 339 g/mol. The lowest BCUT2D eigenvalue weighted by molar-refractivity contribution is -0.0122. The number of rotatable bonds is 3. The van der Waals surface area contributed by atoms with E-state index >= 15 is 0 Å². The summed E-state index contributed by atoms with van der Waals surface area (Å²) in [7, 11) is 0. The fourth-order valence-corrected chi connectivity index (χ4v) is 5.65. The van der Waals surface area contributed by atoms with E-state index in [1.807, 2.05) is 0 Å². The molecule has 1 aromatic heterocycles. The van der Waals surface area contributed by atoms with Crippen LogP contribution in [-0.2, 0) is 0 Å². The number of halogens is 1. The number of carbonyl (C=O) groups is 1. The molecular formula is C21H22FNO2. The lowest BCUT2D eigenvalue weighted by atomic mass is 9.54. The third-order valence-electron chi connectivity index (χ3n) is 6.49. The zero-order valence-corrected chi connectivity index (χ0v) is 14.1. The van der Waals surface area contributed by atoms with Gasteiger partial charge in [-0.05, 0) is 80.0 Å². The second-order valence-electron chi connectivity index (χ2n) is 8.07. The average Bonchev–Trinajstić information content (AvgIpc) is 3.08. The molecule has 1 N–H and O–H groups in total. The fraction of sp³-hybridized carbons (Fsp3) is 0.476. The summed E-state index contributed by atoms with van der Waals surface area (Å²) in [6, 6.07) is 10.1. The minimum Gasteiger partial charge on any atom is -0.451 e. The van der Waals surface area contributed by atoms with Crippen molar-refractivity contribution in [1.29, 1.82) is 0 Å². The summed E-state index contributed by atoms with van der Waals surface area (Å²) in [5.41, 5.74) is 0.385. The lowest BCUT2D eigenvalue weighted by Crippen LogP contribution is -2.55. The molecule has 0 saturated heterocycles. The molecule has 0 spiro atoms. The van der Waals surface area contributed by atoms with Gasteiger partial charge in [-0.1, -0.05) is 12.1 Å². The Morgan fingerprint density at radius 2 is 1.64 bits per heavy atom. The molecule has 0 aliphatic heterocycles. The Morgan fingerprint density at radius 3 is 2.32 bits per heavy atom. The average molecular weight is 339 g/mol. The first kappa shape index (κ1) is 15.2. The van der Waals surface area contributed by atoms with Crippen LogP contribution in [0.15, 0.2) is 40.8 Å².